The second-order valence-electron chi connectivity index (χ2n) is 8.72. The van der Waals surface area contributed by atoms with Crippen LogP contribution in [0.25, 0.3) is 16.2 Å². The monoisotopic (exact) mass is 483 g/mol. The topological polar surface area (TPSA) is 81.0 Å². The molecule has 1 fully saturated rings. The summed E-state index contributed by atoms with van der Waals surface area (Å²) in [4.78, 5) is 19.0. The van der Waals surface area contributed by atoms with Crippen molar-refractivity contribution < 1.29 is 27.4 Å². The van der Waals surface area contributed by atoms with Gasteiger partial charge in [-0.2, -0.15) is 0 Å². The quantitative estimate of drug-likeness (QED) is 0.552. The van der Waals surface area contributed by atoms with E-state index in [2.05, 4.69) is 20.1 Å². The lowest BCUT2D eigenvalue weighted by atomic mass is 10.1. The summed E-state index contributed by atoms with van der Waals surface area (Å²) in [6, 6.07) is 5.83. The van der Waals surface area contributed by atoms with Gasteiger partial charge in [0.25, 0.3) is 0 Å². The van der Waals surface area contributed by atoms with Crippen LogP contribution < -0.4 is 10.1 Å². The number of imidazole rings is 1. The number of likely N-dealkylation sites (tertiary alicyclic amines) is 1. The number of benzene rings is 1. The fourth-order valence-electron chi connectivity index (χ4n) is 3.46. The number of carbonyl (C=O) groups excluding carboxylic acids is 1. The zero-order valence-electron chi connectivity index (χ0n) is 18.3. The minimum absolute atomic E-state index is 0.162. The minimum Gasteiger partial charge on any atom is -0.444 e. The third-order valence-electron chi connectivity index (χ3n) is 4.88. The van der Waals surface area contributed by atoms with Gasteiger partial charge in [-0.3, -0.25) is 0 Å². The van der Waals surface area contributed by atoms with Gasteiger partial charge in [-0.05, 0) is 45.7 Å². The lowest BCUT2D eigenvalue weighted by molar-refractivity contribution is -0.274. The molecule has 178 valence electrons. The maximum atomic E-state index is 12.5. The molecular weight excluding hydrogens is 459 g/mol. The van der Waals surface area contributed by atoms with Gasteiger partial charge in [0.15, 0.2) is 0 Å². The SMILES string of the molecule is CC(C)(C)OC(=O)N1CCC(Nc2nn3cc(-c4cccc(OC(F)(F)F)c4)nc3s2)CC1. The zero-order chi connectivity index (χ0) is 23.8. The predicted octanol–water partition coefficient (Wildman–Crippen LogP) is 5.17. The van der Waals surface area contributed by atoms with Gasteiger partial charge in [-0.1, -0.05) is 23.5 Å². The van der Waals surface area contributed by atoms with Crippen molar-refractivity contribution >= 4 is 27.5 Å². The van der Waals surface area contributed by atoms with Crippen LogP contribution in [0.5, 0.6) is 5.75 Å². The third kappa shape index (κ3) is 6.06. The number of amides is 1. The fraction of sp³-hybridized carbons (Fsp3) is 0.476. The number of aromatic nitrogens is 3. The van der Waals surface area contributed by atoms with Gasteiger partial charge in [-0.15, -0.1) is 18.3 Å². The molecular formula is C21H24F3N5O3S. The molecule has 8 nitrogen and oxygen atoms in total. The summed E-state index contributed by atoms with van der Waals surface area (Å²) in [5, 5.41) is 8.55. The number of hydrogen-bond acceptors (Lipinski definition) is 7. The van der Waals surface area contributed by atoms with Crippen LogP contribution in [0.1, 0.15) is 33.6 Å². The summed E-state index contributed by atoms with van der Waals surface area (Å²) >= 11 is 1.35. The molecule has 0 saturated carbocycles. The molecule has 1 aromatic carbocycles. The highest BCUT2D eigenvalue weighted by molar-refractivity contribution is 7.20. The maximum absolute atomic E-state index is 12.5. The fourth-order valence-corrected chi connectivity index (χ4v) is 4.32. The van der Waals surface area contributed by atoms with E-state index >= 15 is 0 Å². The van der Waals surface area contributed by atoms with E-state index < -0.39 is 12.0 Å². The molecule has 3 heterocycles. The second-order valence-corrected chi connectivity index (χ2v) is 9.68. The number of nitrogens with zero attached hydrogens (tertiary/aromatic N) is 4. The largest absolute Gasteiger partial charge is 0.573 e. The zero-order valence-corrected chi connectivity index (χ0v) is 19.2. The van der Waals surface area contributed by atoms with E-state index in [4.69, 9.17) is 4.74 Å². The molecule has 0 bridgehead atoms. The van der Waals surface area contributed by atoms with Crippen LogP contribution in [0.2, 0.25) is 0 Å². The van der Waals surface area contributed by atoms with Crippen molar-refractivity contribution in [1.29, 1.82) is 0 Å². The van der Waals surface area contributed by atoms with Crippen LogP contribution in [0, 0.1) is 0 Å². The molecule has 0 unspecified atom stereocenters. The molecule has 12 heteroatoms. The van der Waals surface area contributed by atoms with Crippen molar-refractivity contribution in [2.45, 2.75) is 51.6 Å². The van der Waals surface area contributed by atoms with Crippen LogP contribution in [-0.2, 0) is 4.74 Å². The molecule has 2 aromatic heterocycles. The van der Waals surface area contributed by atoms with Gasteiger partial charge in [0, 0.05) is 24.7 Å². The highest BCUT2D eigenvalue weighted by atomic mass is 32.1. The van der Waals surface area contributed by atoms with Crippen molar-refractivity contribution in [3.63, 3.8) is 0 Å². The molecule has 0 atom stereocenters. The summed E-state index contributed by atoms with van der Waals surface area (Å²) in [5.41, 5.74) is 0.477. The smallest absolute Gasteiger partial charge is 0.444 e. The van der Waals surface area contributed by atoms with Gasteiger partial charge in [0.2, 0.25) is 10.1 Å². The first-order valence-electron chi connectivity index (χ1n) is 10.4. The molecule has 1 aliphatic heterocycles. The summed E-state index contributed by atoms with van der Waals surface area (Å²) in [6.45, 7) is 6.72. The second kappa shape index (κ2) is 8.73. The summed E-state index contributed by atoms with van der Waals surface area (Å²) in [7, 11) is 0. The first kappa shape index (κ1) is 23.1. The number of anilines is 1. The summed E-state index contributed by atoms with van der Waals surface area (Å²) < 4.78 is 48.4. The molecule has 4 rings (SSSR count). The Balaban J connectivity index is 1.37. The van der Waals surface area contributed by atoms with E-state index in [1.807, 2.05) is 20.8 Å². The van der Waals surface area contributed by atoms with Gasteiger partial charge in [0.1, 0.15) is 11.4 Å². The Hall–Kier alpha value is -3.02. The summed E-state index contributed by atoms with van der Waals surface area (Å²) in [5.74, 6) is -0.301. The van der Waals surface area contributed by atoms with E-state index in [1.165, 1.54) is 29.5 Å². The van der Waals surface area contributed by atoms with Gasteiger partial charge in [0.05, 0.1) is 11.9 Å². The van der Waals surface area contributed by atoms with Crippen LogP contribution in [-0.4, -0.2) is 56.7 Å². The standard InChI is InChI=1S/C21H24F3N5O3S/c1-20(2,3)32-19(30)28-9-7-14(8-10-28)25-17-27-29-12-16(26-18(29)33-17)13-5-4-6-15(11-13)31-21(22,23)24/h4-6,11-12,14H,7-10H2,1-3H3,(H,25,27). The van der Waals surface area contributed by atoms with Crippen LogP contribution >= 0.6 is 11.3 Å². The van der Waals surface area contributed by atoms with Gasteiger partial charge >= 0.3 is 12.5 Å². The normalized spacial score (nSPS) is 15.6. The number of carbonyl (C=O) groups is 1. The van der Waals surface area contributed by atoms with E-state index in [-0.39, 0.29) is 17.9 Å². The Morgan fingerprint density at radius 3 is 2.58 bits per heavy atom. The first-order valence-corrected chi connectivity index (χ1v) is 11.2. The Bertz CT molecular complexity index is 1100. The minimum atomic E-state index is -4.75. The van der Waals surface area contributed by atoms with Crippen molar-refractivity contribution in [3.8, 4) is 17.0 Å². The van der Waals surface area contributed by atoms with Crippen LogP contribution in [0.15, 0.2) is 30.5 Å². The van der Waals surface area contributed by atoms with E-state index in [0.29, 0.717) is 34.4 Å². The van der Waals surface area contributed by atoms with E-state index in [1.54, 1.807) is 21.7 Å². The van der Waals surface area contributed by atoms with Gasteiger partial charge in [-0.25, -0.2) is 14.3 Å². The summed E-state index contributed by atoms with van der Waals surface area (Å²) in [6.07, 6.45) is -1.87. The average Bonchev–Trinajstić information content (AvgIpc) is 3.25. The van der Waals surface area contributed by atoms with Crippen molar-refractivity contribution in [2.24, 2.45) is 0 Å². The lowest BCUT2D eigenvalue weighted by Gasteiger charge is -2.33. The predicted molar refractivity (Wildman–Crippen MR) is 117 cm³/mol. The molecule has 0 radical (unpaired) electrons. The Morgan fingerprint density at radius 2 is 1.94 bits per heavy atom. The van der Waals surface area contributed by atoms with Crippen molar-refractivity contribution in [2.75, 3.05) is 18.4 Å². The average molecular weight is 484 g/mol. The Kier molecular flexibility index (Phi) is 6.12. The molecule has 0 spiro atoms. The molecule has 33 heavy (non-hydrogen) atoms. The number of fused-ring (bicyclic) bond motifs is 1. The Morgan fingerprint density at radius 1 is 1.21 bits per heavy atom. The Labute approximate surface area is 192 Å². The number of alkyl halides is 3. The number of halogens is 3. The third-order valence-corrected chi connectivity index (χ3v) is 5.73. The number of rotatable bonds is 4. The van der Waals surface area contributed by atoms with Gasteiger partial charge < -0.3 is 19.7 Å². The lowest BCUT2D eigenvalue weighted by Crippen LogP contribution is -2.44. The van der Waals surface area contributed by atoms with Crippen molar-refractivity contribution in [1.82, 2.24) is 19.5 Å². The van der Waals surface area contributed by atoms with E-state index in [9.17, 15) is 18.0 Å². The highest BCUT2D eigenvalue weighted by Gasteiger charge is 2.31. The molecule has 0 aliphatic carbocycles. The molecule has 1 aliphatic rings. The molecule has 1 amide bonds. The number of hydrogen-bond donors (Lipinski definition) is 1. The highest BCUT2D eigenvalue weighted by Crippen LogP contribution is 2.30. The van der Waals surface area contributed by atoms with E-state index in [0.717, 1.165) is 12.8 Å². The van der Waals surface area contributed by atoms with Crippen LogP contribution in [0.3, 0.4) is 0 Å². The maximum Gasteiger partial charge on any atom is 0.573 e. The molecule has 1 saturated heterocycles. The molecule has 1 N–H and O–H groups in total. The first-order chi connectivity index (χ1) is 15.4. The van der Waals surface area contributed by atoms with Crippen LogP contribution in [0.4, 0.5) is 23.1 Å². The number of piperidine rings is 1. The number of ether oxygens (including phenoxy) is 2. The van der Waals surface area contributed by atoms with Crippen molar-refractivity contribution in [3.05, 3.63) is 30.5 Å². The number of nitrogens with one attached hydrogen (secondary N) is 1. The molecule has 3 aromatic rings.